The summed E-state index contributed by atoms with van der Waals surface area (Å²) in [4.78, 5) is 26.5. The predicted octanol–water partition coefficient (Wildman–Crippen LogP) is 2.33. The minimum absolute atomic E-state index is 0.0997. The zero-order valence-corrected chi connectivity index (χ0v) is 15.5. The van der Waals surface area contributed by atoms with E-state index in [0.717, 1.165) is 30.8 Å². The van der Waals surface area contributed by atoms with E-state index in [0.29, 0.717) is 19.7 Å². The van der Waals surface area contributed by atoms with E-state index in [9.17, 15) is 9.59 Å². The monoisotopic (exact) mass is 335 g/mol. The molecule has 0 radical (unpaired) electrons. The van der Waals surface area contributed by atoms with Crippen LogP contribution in [0.5, 0.6) is 0 Å². The standard InChI is InChI=1S/C18H29N3O3/c1-13-11-14(2)21(19-13)9-10-24-16(22)15-7-6-8-20(12-15)17(23)18(3,4)5/h11,15H,6-10,12H2,1-5H3/t15-/m1/s1. The Morgan fingerprint density at radius 2 is 2.04 bits per heavy atom. The van der Waals surface area contributed by atoms with Gasteiger partial charge in [0, 0.05) is 24.2 Å². The summed E-state index contributed by atoms with van der Waals surface area (Å²) < 4.78 is 7.27. The maximum absolute atomic E-state index is 12.4. The zero-order chi connectivity index (χ0) is 17.9. The molecule has 1 aliphatic rings. The van der Waals surface area contributed by atoms with Crippen molar-refractivity contribution < 1.29 is 14.3 Å². The topological polar surface area (TPSA) is 64.4 Å². The Kier molecular flexibility index (Phi) is 5.67. The van der Waals surface area contributed by atoms with Crippen molar-refractivity contribution in [3.63, 3.8) is 0 Å². The first-order valence-electron chi connectivity index (χ1n) is 8.65. The van der Waals surface area contributed by atoms with Crippen molar-refractivity contribution in [3.8, 4) is 0 Å². The number of rotatable bonds is 4. The average molecular weight is 335 g/mol. The van der Waals surface area contributed by atoms with Crippen LogP contribution in [0.1, 0.15) is 45.0 Å². The first kappa shape index (κ1) is 18.5. The van der Waals surface area contributed by atoms with E-state index in [-0.39, 0.29) is 17.8 Å². The van der Waals surface area contributed by atoms with E-state index in [1.54, 1.807) is 4.90 Å². The second-order valence-electron chi connectivity index (χ2n) is 7.66. The van der Waals surface area contributed by atoms with Crippen LogP contribution >= 0.6 is 0 Å². The molecule has 1 fully saturated rings. The number of likely N-dealkylation sites (tertiary alicyclic amines) is 1. The molecule has 2 heterocycles. The third kappa shape index (κ3) is 4.58. The number of piperidine rings is 1. The Bertz CT molecular complexity index is 601. The number of nitrogens with zero attached hydrogens (tertiary/aromatic N) is 3. The maximum atomic E-state index is 12.4. The Balaban J connectivity index is 1.83. The Morgan fingerprint density at radius 3 is 2.62 bits per heavy atom. The van der Waals surface area contributed by atoms with Gasteiger partial charge in [-0.1, -0.05) is 20.8 Å². The van der Waals surface area contributed by atoms with E-state index in [1.165, 1.54) is 0 Å². The van der Waals surface area contributed by atoms with Crippen LogP contribution in [-0.4, -0.2) is 46.3 Å². The van der Waals surface area contributed by atoms with Crippen molar-refractivity contribution in [1.82, 2.24) is 14.7 Å². The van der Waals surface area contributed by atoms with Crippen LogP contribution in [0, 0.1) is 25.2 Å². The largest absolute Gasteiger partial charge is 0.463 e. The van der Waals surface area contributed by atoms with Crippen LogP contribution in [0.3, 0.4) is 0 Å². The van der Waals surface area contributed by atoms with Gasteiger partial charge in [0.05, 0.1) is 18.2 Å². The minimum atomic E-state index is -0.415. The Hall–Kier alpha value is -1.85. The SMILES string of the molecule is Cc1cc(C)n(CCOC(=O)[C@@H]2CCCN(C(=O)C(C)(C)C)C2)n1. The maximum Gasteiger partial charge on any atom is 0.310 e. The molecule has 6 heteroatoms. The van der Waals surface area contributed by atoms with Crippen LogP contribution < -0.4 is 0 Å². The lowest BCUT2D eigenvalue weighted by molar-refractivity contribution is -0.153. The van der Waals surface area contributed by atoms with Crippen LogP contribution in [-0.2, 0) is 20.9 Å². The average Bonchev–Trinajstić information content (AvgIpc) is 2.83. The molecule has 0 saturated carbocycles. The van der Waals surface area contributed by atoms with E-state index in [2.05, 4.69) is 5.10 Å². The number of aryl methyl sites for hydroxylation is 2. The second kappa shape index (κ2) is 7.36. The molecule has 1 aromatic heterocycles. The van der Waals surface area contributed by atoms with Crippen LogP contribution in [0.2, 0.25) is 0 Å². The van der Waals surface area contributed by atoms with Gasteiger partial charge < -0.3 is 9.64 Å². The molecule has 134 valence electrons. The highest BCUT2D eigenvalue weighted by Gasteiger charge is 2.33. The fourth-order valence-corrected chi connectivity index (χ4v) is 3.08. The lowest BCUT2D eigenvalue weighted by atomic mass is 9.91. The zero-order valence-electron chi connectivity index (χ0n) is 15.5. The van der Waals surface area contributed by atoms with E-state index >= 15 is 0 Å². The fourth-order valence-electron chi connectivity index (χ4n) is 3.08. The second-order valence-corrected chi connectivity index (χ2v) is 7.66. The Morgan fingerprint density at radius 1 is 1.33 bits per heavy atom. The molecule has 0 aromatic carbocycles. The summed E-state index contributed by atoms with van der Waals surface area (Å²) in [5, 5.41) is 4.35. The normalized spacial score (nSPS) is 18.5. The first-order valence-corrected chi connectivity index (χ1v) is 8.65. The highest BCUT2D eigenvalue weighted by Crippen LogP contribution is 2.24. The molecule has 0 unspecified atom stereocenters. The number of amides is 1. The van der Waals surface area contributed by atoms with E-state index in [1.807, 2.05) is 45.4 Å². The molecule has 2 rings (SSSR count). The van der Waals surface area contributed by atoms with Gasteiger partial charge in [0.2, 0.25) is 5.91 Å². The van der Waals surface area contributed by atoms with Crippen LogP contribution in [0.4, 0.5) is 0 Å². The molecular weight excluding hydrogens is 306 g/mol. The van der Waals surface area contributed by atoms with Gasteiger partial charge in [0.15, 0.2) is 0 Å². The third-order valence-corrected chi connectivity index (χ3v) is 4.33. The van der Waals surface area contributed by atoms with Gasteiger partial charge in [-0.3, -0.25) is 14.3 Å². The molecule has 0 spiro atoms. The van der Waals surface area contributed by atoms with Crippen molar-refractivity contribution in [3.05, 3.63) is 17.5 Å². The smallest absolute Gasteiger partial charge is 0.310 e. The molecule has 6 nitrogen and oxygen atoms in total. The van der Waals surface area contributed by atoms with Gasteiger partial charge in [-0.05, 0) is 32.8 Å². The molecular formula is C18H29N3O3. The number of esters is 1. The number of hydrogen-bond donors (Lipinski definition) is 0. The van der Waals surface area contributed by atoms with Gasteiger partial charge in [-0.25, -0.2) is 0 Å². The first-order chi connectivity index (χ1) is 11.2. The van der Waals surface area contributed by atoms with Crippen molar-refractivity contribution >= 4 is 11.9 Å². The number of aromatic nitrogens is 2. The third-order valence-electron chi connectivity index (χ3n) is 4.33. The van der Waals surface area contributed by atoms with E-state index < -0.39 is 5.41 Å². The summed E-state index contributed by atoms with van der Waals surface area (Å²) in [6.45, 7) is 11.7. The van der Waals surface area contributed by atoms with Gasteiger partial charge in [0.1, 0.15) is 6.61 Å². The highest BCUT2D eigenvalue weighted by molar-refractivity contribution is 5.82. The molecule has 1 saturated heterocycles. The summed E-state index contributed by atoms with van der Waals surface area (Å²) in [6.07, 6.45) is 1.63. The van der Waals surface area contributed by atoms with E-state index in [4.69, 9.17) is 4.74 Å². The summed E-state index contributed by atoms with van der Waals surface area (Å²) in [5.74, 6) is -0.323. The molecule has 1 atom stereocenters. The minimum Gasteiger partial charge on any atom is -0.463 e. The summed E-state index contributed by atoms with van der Waals surface area (Å²) in [5.41, 5.74) is 1.60. The molecule has 1 aromatic rings. The van der Waals surface area contributed by atoms with Crippen molar-refractivity contribution in [2.45, 2.75) is 54.0 Å². The molecule has 1 amide bonds. The molecule has 0 bridgehead atoms. The summed E-state index contributed by atoms with van der Waals surface area (Å²) in [7, 11) is 0. The lowest BCUT2D eigenvalue weighted by Crippen LogP contribution is -2.47. The molecule has 0 aliphatic carbocycles. The summed E-state index contributed by atoms with van der Waals surface area (Å²) in [6, 6.07) is 2.00. The summed E-state index contributed by atoms with van der Waals surface area (Å²) >= 11 is 0. The van der Waals surface area contributed by atoms with Crippen LogP contribution in [0.25, 0.3) is 0 Å². The number of hydrogen-bond acceptors (Lipinski definition) is 4. The number of ether oxygens (including phenoxy) is 1. The van der Waals surface area contributed by atoms with Crippen molar-refractivity contribution in [2.24, 2.45) is 11.3 Å². The highest BCUT2D eigenvalue weighted by atomic mass is 16.5. The van der Waals surface area contributed by atoms with Gasteiger partial charge in [0.25, 0.3) is 0 Å². The van der Waals surface area contributed by atoms with Gasteiger partial charge >= 0.3 is 5.97 Å². The van der Waals surface area contributed by atoms with Crippen molar-refractivity contribution in [2.75, 3.05) is 19.7 Å². The lowest BCUT2D eigenvalue weighted by Gasteiger charge is -2.35. The Labute approximate surface area is 144 Å². The molecule has 0 N–H and O–H groups in total. The quantitative estimate of drug-likeness (QED) is 0.792. The molecule has 24 heavy (non-hydrogen) atoms. The van der Waals surface area contributed by atoms with Crippen molar-refractivity contribution in [1.29, 1.82) is 0 Å². The van der Waals surface area contributed by atoms with Gasteiger partial charge in [-0.2, -0.15) is 5.10 Å². The fraction of sp³-hybridized carbons (Fsp3) is 0.722. The number of carbonyl (C=O) groups excluding carboxylic acids is 2. The van der Waals surface area contributed by atoms with Crippen LogP contribution in [0.15, 0.2) is 6.07 Å². The molecule has 1 aliphatic heterocycles. The predicted molar refractivity (Wildman–Crippen MR) is 91.4 cm³/mol. The number of carbonyl (C=O) groups is 2. The van der Waals surface area contributed by atoms with Gasteiger partial charge in [-0.15, -0.1) is 0 Å².